The molecule has 2 aliphatic rings. The van der Waals surface area contributed by atoms with Crippen molar-refractivity contribution >= 4 is 6.03 Å². The van der Waals surface area contributed by atoms with Crippen molar-refractivity contribution in [3.63, 3.8) is 0 Å². The van der Waals surface area contributed by atoms with Crippen molar-refractivity contribution in [1.82, 2.24) is 25.0 Å². The van der Waals surface area contributed by atoms with Gasteiger partial charge in [-0.05, 0) is 38.0 Å². The highest BCUT2D eigenvalue weighted by Crippen LogP contribution is 2.35. The first-order valence-electron chi connectivity index (χ1n) is 9.89. The minimum absolute atomic E-state index is 0.0140. The summed E-state index contributed by atoms with van der Waals surface area (Å²) in [6.45, 7) is 4.50. The zero-order valence-electron chi connectivity index (χ0n) is 16.8. The topological polar surface area (TPSA) is 74.3 Å². The van der Waals surface area contributed by atoms with Crippen LogP contribution >= 0.6 is 0 Å². The van der Waals surface area contributed by atoms with Gasteiger partial charge in [0.1, 0.15) is 17.9 Å². The van der Waals surface area contributed by atoms with Crippen LogP contribution in [0.25, 0.3) is 0 Å². The molecule has 4 rings (SSSR count). The second kappa shape index (κ2) is 7.48. The molecule has 7 nitrogen and oxygen atoms in total. The predicted molar refractivity (Wildman–Crippen MR) is 102 cm³/mol. The van der Waals surface area contributed by atoms with Gasteiger partial charge in [0.05, 0.1) is 0 Å². The highest BCUT2D eigenvalue weighted by molar-refractivity contribution is 5.76. The van der Waals surface area contributed by atoms with E-state index in [1.54, 1.807) is 29.2 Å². The van der Waals surface area contributed by atoms with Gasteiger partial charge in [0, 0.05) is 38.0 Å². The third kappa shape index (κ3) is 3.95. The lowest BCUT2D eigenvalue weighted by Crippen LogP contribution is -2.53. The number of carbonyl (C=O) groups excluding carboxylic acids is 1. The van der Waals surface area contributed by atoms with Crippen molar-refractivity contribution in [1.29, 1.82) is 0 Å². The number of alkyl halides is 3. The first-order chi connectivity index (χ1) is 14.1. The van der Waals surface area contributed by atoms with E-state index >= 15 is 0 Å². The molecule has 0 radical (unpaired) electrons. The number of aromatic nitrogens is 3. The van der Waals surface area contributed by atoms with E-state index in [1.165, 1.54) is 6.33 Å². The fraction of sp³-hybridized carbons (Fsp3) is 0.550. The van der Waals surface area contributed by atoms with Gasteiger partial charge in [0.25, 0.3) is 0 Å². The Morgan fingerprint density at radius 1 is 1.10 bits per heavy atom. The second-order valence-electron chi connectivity index (χ2n) is 8.37. The molecule has 30 heavy (non-hydrogen) atoms. The standard InChI is InChI=1S/C20H24F3N5O2/c1-19(2,20(21,22)23)30-16-5-3-13(4-6-16)15-10-28(11-15)18(29)27-8-7-14(9-27)17-24-12-25-26-17/h3-6,12,14-15H,7-11H2,1-2H3,(H,24,25,26). The summed E-state index contributed by atoms with van der Waals surface area (Å²) in [5, 5.41) is 6.73. The van der Waals surface area contributed by atoms with Gasteiger partial charge in [-0.25, -0.2) is 9.78 Å². The summed E-state index contributed by atoms with van der Waals surface area (Å²) in [4.78, 5) is 20.5. The van der Waals surface area contributed by atoms with E-state index < -0.39 is 11.8 Å². The number of aromatic amines is 1. The van der Waals surface area contributed by atoms with E-state index in [0.29, 0.717) is 26.2 Å². The number of urea groups is 1. The summed E-state index contributed by atoms with van der Waals surface area (Å²) in [6, 6.07) is 6.65. The Hall–Kier alpha value is -2.78. The molecule has 0 aliphatic carbocycles. The number of hydrogen-bond acceptors (Lipinski definition) is 4. The van der Waals surface area contributed by atoms with E-state index in [1.807, 2.05) is 4.90 Å². The Labute approximate surface area is 172 Å². The molecule has 162 valence electrons. The lowest BCUT2D eigenvalue weighted by molar-refractivity contribution is -0.234. The van der Waals surface area contributed by atoms with Gasteiger partial charge < -0.3 is 14.5 Å². The summed E-state index contributed by atoms with van der Waals surface area (Å²) in [7, 11) is 0. The lowest BCUT2D eigenvalue weighted by Gasteiger charge is -2.41. The fourth-order valence-corrected chi connectivity index (χ4v) is 3.77. The van der Waals surface area contributed by atoms with E-state index in [4.69, 9.17) is 4.74 Å². The molecular formula is C20H24F3N5O2. The largest absolute Gasteiger partial charge is 0.478 e. The van der Waals surface area contributed by atoms with Crippen LogP contribution in [0.4, 0.5) is 18.0 Å². The number of benzene rings is 1. The monoisotopic (exact) mass is 423 g/mol. The number of likely N-dealkylation sites (tertiary alicyclic amines) is 2. The van der Waals surface area contributed by atoms with Gasteiger partial charge in [0.15, 0.2) is 5.60 Å². The zero-order chi connectivity index (χ0) is 21.5. The van der Waals surface area contributed by atoms with Crippen LogP contribution in [0.5, 0.6) is 5.75 Å². The predicted octanol–water partition coefficient (Wildman–Crippen LogP) is 3.53. The fourth-order valence-electron chi connectivity index (χ4n) is 3.77. The average Bonchev–Trinajstić information content (AvgIpc) is 3.32. The van der Waals surface area contributed by atoms with Gasteiger partial charge in [0.2, 0.25) is 0 Å². The van der Waals surface area contributed by atoms with Crippen LogP contribution in [0.3, 0.4) is 0 Å². The van der Waals surface area contributed by atoms with Gasteiger partial charge in [-0.1, -0.05) is 12.1 Å². The first kappa shape index (κ1) is 20.5. The van der Waals surface area contributed by atoms with Gasteiger partial charge >= 0.3 is 12.2 Å². The van der Waals surface area contributed by atoms with Gasteiger partial charge in [-0.3, -0.25) is 5.10 Å². The van der Waals surface area contributed by atoms with Crippen molar-refractivity contribution in [2.24, 2.45) is 0 Å². The van der Waals surface area contributed by atoms with Gasteiger partial charge in [-0.2, -0.15) is 18.3 Å². The Bertz CT molecular complexity index is 877. The van der Waals surface area contributed by atoms with Crippen LogP contribution < -0.4 is 4.74 Å². The second-order valence-corrected chi connectivity index (χ2v) is 8.37. The maximum absolute atomic E-state index is 13.0. The minimum atomic E-state index is -4.46. The summed E-state index contributed by atoms with van der Waals surface area (Å²) < 4.78 is 44.0. The molecule has 2 amide bonds. The smallest absolute Gasteiger partial charge is 0.427 e. The summed E-state index contributed by atoms with van der Waals surface area (Å²) in [6.07, 6.45) is -2.13. The van der Waals surface area contributed by atoms with Crippen molar-refractivity contribution in [3.05, 3.63) is 42.0 Å². The Kier molecular flexibility index (Phi) is 5.11. The zero-order valence-corrected chi connectivity index (χ0v) is 16.8. The molecule has 2 aromatic rings. The quantitative estimate of drug-likeness (QED) is 0.817. The van der Waals surface area contributed by atoms with Gasteiger partial charge in [-0.15, -0.1) is 0 Å². The first-order valence-corrected chi connectivity index (χ1v) is 9.89. The molecule has 0 spiro atoms. The molecule has 0 saturated carbocycles. The Morgan fingerprint density at radius 2 is 1.77 bits per heavy atom. The molecule has 1 N–H and O–H groups in total. The van der Waals surface area contributed by atoms with Crippen LogP contribution in [-0.2, 0) is 0 Å². The molecule has 2 fully saturated rings. The minimum Gasteiger partial charge on any atom is -0.478 e. The lowest BCUT2D eigenvalue weighted by atomic mass is 9.91. The van der Waals surface area contributed by atoms with Crippen molar-refractivity contribution in [3.8, 4) is 5.75 Å². The highest BCUT2D eigenvalue weighted by atomic mass is 19.4. The summed E-state index contributed by atoms with van der Waals surface area (Å²) in [5.74, 6) is 1.33. The molecule has 1 aromatic heterocycles. The van der Waals surface area contributed by atoms with E-state index in [2.05, 4.69) is 15.2 Å². The molecule has 1 aromatic carbocycles. The molecule has 1 unspecified atom stereocenters. The van der Waals surface area contributed by atoms with E-state index in [-0.39, 0.29) is 23.6 Å². The summed E-state index contributed by atoms with van der Waals surface area (Å²) >= 11 is 0. The molecular weight excluding hydrogens is 399 g/mol. The van der Waals surface area contributed by atoms with Crippen LogP contribution in [0.1, 0.15) is 43.5 Å². The SMILES string of the molecule is CC(C)(Oc1ccc(C2CN(C(=O)N3CCC(c4ncn[nH]4)C3)C2)cc1)C(F)(F)F. The third-order valence-electron chi connectivity index (χ3n) is 5.84. The number of nitrogens with zero attached hydrogens (tertiary/aromatic N) is 4. The maximum atomic E-state index is 13.0. The highest BCUT2D eigenvalue weighted by Gasteiger charge is 2.49. The normalized spacial score (nSPS) is 20.4. The van der Waals surface area contributed by atoms with E-state index in [0.717, 1.165) is 31.7 Å². The number of carbonyl (C=O) groups is 1. The number of nitrogens with one attached hydrogen (secondary N) is 1. The number of hydrogen-bond donors (Lipinski definition) is 1. The maximum Gasteiger partial charge on any atom is 0.427 e. The van der Waals surface area contributed by atoms with E-state index in [9.17, 15) is 18.0 Å². The molecule has 10 heteroatoms. The van der Waals surface area contributed by atoms with Crippen LogP contribution in [0.2, 0.25) is 0 Å². The molecule has 3 heterocycles. The molecule has 2 aliphatic heterocycles. The number of rotatable bonds is 4. The van der Waals surface area contributed by atoms with Crippen LogP contribution in [0, 0.1) is 0 Å². The van der Waals surface area contributed by atoms with Crippen molar-refractivity contribution in [2.75, 3.05) is 26.2 Å². The number of H-pyrrole nitrogens is 1. The van der Waals surface area contributed by atoms with Crippen LogP contribution in [0.15, 0.2) is 30.6 Å². The van der Waals surface area contributed by atoms with Crippen molar-refractivity contribution < 1.29 is 22.7 Å². The third-order valence-corrected chi connectivity index (χ3v) is 5.84. The number of amides is 2. The molecule has 0 bridgehead atoms. The average molecular weight is 423 g/mol. The Morgan fingerprint density at radius 3 is 2.37 bits per heavy atom. The molecule has 1 atom stereocenters. The Balaban J connectivity index is 1.29. The van der Waals surface area contributed by atoms with Crippen molar-refractivity contribution in [2.45, 2.75) is 43.9 Å². The number of ether oxygens (including phenoxy) is 1. The number of halogens is 3. The molecule has 2 saturated heterocycles. The summed E-state index contributed by atoms with van der Waals surface area (Å²) in [5.41, 5.74) is -1.27. The van der Waals surface area contributed by atoms with Crippen LogP contribution in [-0.4, -0.2) is 69.0 Å².